The second kappa shape index (κ2) is 10.4. The number of benzene rings is 2. The Bertz CT molecular complexity index is 1650. The molecular formula is C29H26F5N5O. The second-order valence-corrected chi connectivity index (χ2v) is 10.1. The number of aryl methyl sites for hydroxylation is 2. The molecule has 0 radical (unpaired) electrons. The first-order valence-corrected chi connectivity index (χ1v) is 12.6. The van der Waals surface area contributed by atoms with Crippen molar-refractivity contribution in [3.05, 3.63) is 106 Å². The fraction of sp³-hybridized carbons (Fsp3) is 0.276. The SMILES string of the molecule is Cc1cc(C(NC(=O)c2cc(Cn3cc(F)ccc3=N)cc(-c3cn(C)nc3C(F)(F)F)c2)C2CC2)ccc1F. The van der Waals surface area contributed by atoms with Crippen LogP contribution in [0.25, 0.3) is 11.1 Å². The van der Waals surface area contributed by atoms with Crippen molar-refractivity contribution in [2.75, 3.05) is 0 Å². The van der Waals surface area contributed by atoms with Crippen LogP contribution < -0.4 is 10.8 Å². The third-order valence-electron chi connectivity index (χ3n) is 6.93. The van der Waals surface area contributed by atoms with Crippen LogP contribution in [0.2, 0.25) is 0 Å². The Hall–Kier alpha value is -4.28. The number of hydrogen-bond acceptors (Lipinski definition) is 3. The van der Waals surface area contributed by atoms with E-state index >= 15 is 0 Å². The van der Waals surface area contributed by atoms with Crippen molar-refractivity contribution in [3.63, 3.8) is 0 Å². The van der Waals surface area contributed by atoms with Crippen molar-refractivity contribution >= 4 is 5.91 Å². The molecular weight excluding hydrogens is 529 g/mol. The molecule has 1 aliphatic carbocycles. The summed E-state index contributed by atoms with van der Waals surface area (Å²) in [6, 6.07) is 11.0. The minimum Gasteiger partial charge on any atom is -0.345 e. The van der Waals surface area contributed by atoms with E-state index in [9.17, 15) is 26.7 Å². The van der Waals surface area contributed by atoms with Crippen LogP contribution in [0.5, 0.6) is 0 Å². The molecule has 208 valence electrons. The number of rotatable bonds is 7. The van der Waals surface area contributed by atoms with Gasteiger partial charge in [0.1, 0.15) is 17.1 Å². The molecule has 2 aromatic heterocycles. The van der Waals surface area contributed by atoms with E-state index in [-0.39, 0.29) is 40.5 Å². The molecule has 1 unspecified atom stereocenters. The monoisotopic (exact) mass is 555 g/mol. The maximum Gasteiger partial charge on any atom is 0.435 e. The van der Waals surface area contributed by atoms with Gasteiger partial charge in [-0.2, -0.15) is 18.3 Å². The standard InChI is InChI=1S/C29H26F5N5O/c1-16-9-19(5-7-24(16)31)26(18-3-4-18)36-28(40)21-11-17(13-39-14-22(30)6-8-25(39)35)10-20(12-21)23-15-38(2)37-27(23)29(32,33)34/h5-12,14-15,18,26,35H,3-4,13H2,1-2H3,(H,36,40). The minimum absolute atomic E-state index is 0.0179. The smallest absolute Gasteiger partial charge is 0.345 e. The van der Waals surface area contributed by atoms with Gasteiger partial charge >= 0.3 is 6.18 Å². The largest absolute Gasteiger partial charge is 0.435 e. The first-order valence-electron chi connectivity index (χ1n) is 12.6. The molecule has 1 aliphatic rings. The van der Waals surface area contributed by atoms with Crippen LogP contribution in [0.15, 0.2) is 60.9 Å². The van der Waals surface area contributed by atoms with Crippen molar-refractivity contribution in [2.45, 2.75) is 38.5 Å². The summed E-state index contributed by atoms with van der Waals surface area (Å²) in [4.78, 5) is 13.6. The van der Waals surface area contributed by atoms with E-state index in [1.165, 1.54) is 48.1 Å². The van der Waals surface area contributed by atoms with Gasteiger partial charge in [0.2, 0.25) is 0 Å². The van der Waals surface area contributed by atoms with E-state index in [0.717, 1.165) is 35.4 Å². The zero-order valence-corrected chi connectivity index (χ0v) is 21.7. The lowest BCUT2D eigenvalue weighted by molar-refractivity contribution is -0.140. The summed E-state index contributed by atoms with van der Waals surface area (Å²) in [6.45, 7) is 1.58. The lowest BCUT2D eigenvalue weighted by atomic mass is 9.97. The Kier molecular flexibility index (Phi) is 7.07. The highest BCUT2D eigenvalue weighted by molar-refractivity contribution is 5.96. The molecule has 1 amide bonds. The predicted octanol–water partition coefficient (Wildman–Crippen LogP) is 5.90. The van der Waals surface area contributed by atoms with Crippen LogP contribution in [-0.2, 0) is 19.8 Å². The fourth-order valence-electron chi connectivity index (χ4n) is 4.81. The summed E-state index contributed by atoms with van der Waals surface area (Å²) < 4.78 is 71.6. The van der Waals surface area contributed by atoms with Crippen LogP contribution >= 0.6 is 0 Å². The number of carbonyl (C=O) groups is 1. The third-order valence-corrected chi connectivity index (χ3v) is 6.93. The van der Waals surface area contributed by atoms with Gasteiger partial charge in [-0.3, -0.25) is 14.9 Å². The van der Waals surface area contributed by atoms with Gasteiger partial charge < -0.3 is 9.88 Å². The van der Waals surface area contributed by atoms with Gasteiger partial charge in [0.25, 0.3) is 5.91 Å². The maximum atomic E-state index is 13.9. The summed E-state index contributed by atoms with van der Waals surface area (Å²) >= 11 is 0. The molecule has 1 atom stereocenters. The van der Waals surface area contributed by atoms with Crippen molar-refractivity contribution < 1.29 is 26.7 Å². The number of nitrogens with zero attached hydrogens (tertiary/aromatic N) is 3. The molecule has 2 heterocycles. The molecule has 11 heteroatoms. The molecule has 40 heavy (non-hydrogen) atoms. The lowest BCUT2D eigenvalue weighted by Crippen LogP contribution is -2.30. The zero-order chi connectivity index (χ0) is 28.8. The highest BCUT2D eigenvalue weighted by atomic mass is 19.4. The van der Waals surface area contributed by atoms with E-state index in [0.29, 0.717) is 11.1 Å². The number of hydrogen-bond donors (Lipinski definition) is 2. The predicted molar refractivity (Wildman–Crippen MR) is 137 cm³/mol. The van der Waals surface area contributed by atoms with Gasteiger partial charge in [-0.25, -0.2) is 8.78 Å². The Labute approximate surface area is 226 Å². The number of pyridine rings is 1. The van der Waals surface area contributed by atoms with Crippen molar-refractivity contribution in [1.82, 2.24) is 19.7 Å². The normalized spacial score (nSPS) is 14.3. The molecule has 0 bridgehead atoms. The quantitative estimate of drug-likeness (QED) is 0.279. The molecule has 5 rings (SSSR count). The van der Waals surface area contributed by atoms with Gasteiger partial charge in [-0.1, -0.05) is 12.1 Å². The van der Waals surface area contributed by atoms with Gasteiger partial charge in [-0.15, -0.1) is 0 Å². The lowest BCUT2D eigenvalue weighted by Gasteiger charge is -2.20. The number of carbonyl (C=O) groups excluding carboxylic acids is 1. The number of nitrogens with one attached hydrogen (secondary N) is 2. The Balaban J connectivity index is 1.57. The van der Waals surface area contributed by atoms with E-state index in [1.54, 1.807) is 19.1 Å². The Morgan fingerprint density at radius 2 is 1.85 bits per heavy atom. The van der Waals surface area contributed by atoms with Gasteiger partial charge in [0.15, 0.2) is 5.69 Å². The molecule has 0 spiro atoms. The molecule has 2 N–H and O–H groups in total. The van der Waals surface area contributed by atoms with Crippen LogP contribution in [0.4, 0.5) is 22.0 Å². The third kappa shape index (κ3) is 5.83. The number of amides is 1. The molecule has 1 fully saturated rings. The first kappa shape index (κ1) is 27.3. The zero-order valence-electron chi connectivity index (χ0n) is 21.7. The van der Waals surface area contributed by atoms with Crippen LogP contribution in [0.1, 0.15) is 51.6 Å². The van der Waals surface area contributed by atoms with E-state index in [1.807, 2.05) is 0 Å². The van der Waals surface area contributed by atoms with Crippen molar-refractivity contribution in [2.24, 2.45) is 13.0 Å². The molecule has 6 nitrogen and oxygen atoms in total. The molecule has 0 saturated heterocycles. The van der Waals surface area contributed by atoms with Crippen LogP contribution in [0.3, 0.4) is 0 Å². The van der Waals surface area contributed by atoms with E-state index in [4.69, 9.17) is 5.41 Å². The topological polar surface area (TPSA) is 75.7 Å². The van der Waals surface area contributed by atoms with E-state index in [2.05, 4.69) is 10.4 Å². The summed E-state index contributed by atoms with van der Waals surface area (Å²) in [5, 5.41) is 14.7. The minimum atomic E-state index is -4.74. The summed E-state index contributed by atoms with van der Waals surface area (Å²) in [5.74, 6) is -1.31. The average Bonchev–Trinajstić information content (AvgIpc) is 3.65. The number of alkyl halides is 3. The van der Waals surface area contributed by atoms with Gasteiger partial charge in [-0.05, 0) is 84.3 Å². The fourth-order valence-corrected chi connectivity index (χ4v) is 4.81. The summed E-state index contributed by atoms with van der Waals surface area (Å²) in [6.07, 6.45) is -0.652. The highest BCUT2D eigenvalue weighted by Crippen LogP contribution is 2.42. The van der Waals surface area contributed by atoms with Crippen molar-refractivity contribution in [3.8, 4) is 11.1 Å². The van der Waals surface area contributed by atoms with Crippen molar-refractivity contribution in [1.29, 1.82) is 5.41 Å². The van der Waals surface area contributed by atoms with Gasteiger partial charge in [0, 0.05) is 37.1 Å². The molecule has 1 saturated carbocycles. The molecule has 4 aromatic rings. The average molecular weight is 556 g/mol. The molecule has 2 aromatic carbocycles. The van der Waals surface area contributed by atoms with Gasteiger partial charge in [0.05, 0.1) is 6.04 Å². The Morgan fingerprint density at radius 3 is 2.52 bits per heavy atom. The summed E-state index contributed by atoms with van der Waals surface area (Å²) in [7, 11) is 1.37. The summed E-state index contributed by atoms with van der Waals surface area (Å²) in [5.41, 5.74) is 0.442. The number of halogens is 5. The Morgan fingerprint density at radius 1 is 1.10 bits per heavy atom. The maximum absolute atomic E-state index is 13.9. The number of aromatic nitrogens is 3. The van der Waals surface area contributed by atoms with E-state index < -0.39 is 29.6 Å². The molecule has 0 aliphatic heterocycles. The first-order chi connectivity index (χ1) is 18.9. The second-order valence-electron chi connectivity index (χ2n) is 10.1. The van der Waals surface area contributed by atoms with Crippen LogP contribution in [-0.4, -0.2) is 20.3 Å². The highest BCUT2D eigenvalue weighted by Gasteiger charge is 2.38. The van der Waals surface area contributed by atoms with Crippen LogP contribution in [0, 0.1) is 29.9 Å².